The molecule has 0 aliphatic rings. The minimum Gasteiger partial charge on any atom is -0.491 e. The van der Waals surface area contributed by atoms with Gasteiger partial charge >= 0.3 is 0 Å². The van der Waals surface area contributed by atoms with Crippen molar-refractivity contribution in [3.05, 3.63) is 53.0 Å². The number of hydrogen-bond acceptors (Lipinski definition) is 2. The van der Waals surface area contributed by atoms with E-state index in [1.54, 1.807) is 0 Å². The van der Waals surface area contributed by atoms with Crippen LogP contribution < -0.4 is 4.74 Å². The fourth-order valence-corrected chi connectivity index (χ4v) is 2.30. The third-order valence-corrected chi connectivity index (χ3v) is 3.19. The van der Waals surface area contributed by atoms with Gasteiger partial charge in [0.1, 0.15) is 12.4 Å². The molecule has 0 radical (unpaired) electrons. The van der Waals surface area contributed by atoms with Gasteiger partial charge in [-0.15, -0.1) is 13.2 Å². The zero-order valence-corrected chi connectivity index (χ0v) is 12.6. The summed E-state index contributed by atoms with van der Waals surface area (Å²) in [5.41, 5.74) is 0. The van der Waals surface area contributed by atoms with Gasteiger partial charge in [-0.05, 0) is 34.1 Å². The van der Waals surface area contributed by atoms with E-state index in [9.17, 15) is 0 Å². The van der Waals surface area contributed by atoms with Gasteiger partial charge in [0.15, 0.2) is 0 Å². The van der Waals surface area contributed by atoms with E-state index in [4.69, 9.17) is 16.3 Å². The van der Waals surface area contributed by atoms with Crippen molar-refractivity contribution in [3.63, 3.8) is 0 Å². The van der Waals surface area contributed by atoms with Crippen molar-refractivity contribution >= 4 is 27.5 Å². The second kappa shape index (κ2) is 8.35. The first-order chi connectivity index (χ1) is 8.67. The Kier molecular flexibility index (Phi) is 7.09. The summed E-state index contributed by atoms with van der Waals surface area (Å²) in [6.07, 6.45) is 3.75. The van der Waals surface area contributed by atoms with Gasteiger partial charge in [0.2, 0.25) is 0 Å². The SMILES string of the molecule is C=CCN(CC=C)CCOc1ccc(Cl)cc1Br. The summed E-state index contributed by atoms with van der Waals surface area (Å²) in [5.74, 6) is 0.802. The second-order valence-electron chi connectivity index (χ2n) is 3.76. The normalized spacial score (nSPS) is 10.4. The maximum Gasteiger partial charge on any atom is 0.133 e. The van der Waals surface area contributed by atoms with Crippen molar-refractivity contribution in [1.82, 2.24) is 4.90 Å². The molecule has 1 aromatic rings. The molecule has 0 N–H and O–H groups in total. The molecule has 0 aliphatic carbocycles. The molecule has 0 aliphatic heterocycles. The highest BCUT2D eigenvalue weighted by atomic mass is 79.9. The maximum absolute atomic E-state index is 5.87. The monoisotopic (exact) mass is 329 g/mol. The summed E-state index contributed by atoms with van der Waals surface area (Å²) >= 11 is 9.29. The average molecular weight is 331 g/mol. The van der Waals surface area contributed by atoms with Crippen LogP contribution in [-0.4, -0.2) is 31.1 Å². The van der Waals surface area contributed by atoms with E-state index in [-0.39, 0.29) is 0 Å². The second-order valence-corrected chi connectivity index (χ2v) is 5.05. The van der Waals surface area contributed by atoms with E-state index in [0.29, 0.717) is 11.6 Å². The predicted molar refractivity (Wildman–Crippen MR) is 81.5 cm³/mol. The smallest absolute Gasteiger partial charge is 0.133 e. The third-order valence-electron chi connectivity index (χ3n) is 2.33. The van der Waals surface area contributed by atoms with Crippen LogP contribution in [0.25, 0.3) is 0 Å². The molecular formula is C14H17BrClNO. The van der Waals surface area contributed by atoms with Crippen LogP contribution in [0.1, 0.15) is 0 Å². The molecule has 0 unspecified atom stereocenters. The lowest BCUT2D eigenvalue weighted by molar-refractivity contribution is 0.235. The first-order valence-electron chi connectivity index (χ1n) is 5.69. The van der Waals surface area contributed by atoms with Crippen molar-refractivity contribution in [2.45, 2.75) is 0 Å². The van der Waals surface area contributed by atoms with E-state index >= 15 is 0 Å². The molecule has 0 saturated heterocycles. The standard InChI is InChI=1S/C14H17BrClNO/c1-3-7-17(8-4-2)9-10-18-14-6-5-12(16)11-13(14)15/h3-6,11H,1-2,7-10H2. The highest BCUT2D eigenvalue weighted by molar-refractivity contribution is 9.10. The van der Waals surface area contributed by atoms with Crippen LogP contribution in [0.3, 0.4) is 0 Å². The summed E-state index contributed by atoms with van der Waals surface area (Å²) < 4.78 is 6.57. The zero-order valence-electron chi connectivity index (χ0n) is 10.2. The van der Waals surface area contributed by atoms with Gasteiger partial charge in [-0.3, -0.25) is 4.90 Å². The van der Waals surface area contributed by atoms with E-state index in [1.165, 1.54) is 0 Å². The molecule has 0 bridgehead atoms. The van der Waals surface area contributed by atoms with E-state index in [0.717, 1.165) is 29.9 Å². The van der Waals surface area contributed by atoms with Gasteiger partial charge in [-0.25, -0.2) is 0 Å². The highest BCUT2D eigenvalue weighted by Crippen LogP contribution is 2.27. The molecule has 4 heteroatoms. The molecule has 0 amide bonds. The number of halogens is 2. The third kappa shape index (κ3) is 5.25. The van der Waals surface area contributed by atoms with Crippen LogP contribution in [-0.2, 0) is 0 Å². The molecular weight excluding hydrogens is 314 g/mol. The minimum atomic E-state index is 0.613. The fourth-order valence-electron chi connectivity index (χ4n) is 1.50. The first-order valence-corrected chi connectivity index (χ1v) is 6.86. The molecule has 0 heterocycles. The van der Waals surface area contributed by atoms with Crippen LogP contribution >= 0.6 is 27.5 Å². The fraction of sp³-hybridized carbons (Fsp3) is 0.286. The summed E-state index contributed by atoms with van der Waals surface area (Å²) in [6.45, 7) is 10.6. The number of nitrogens with zero attached hydrogens (tertiary/aromatic N) is 1. The molecule has 0 fully saturated rings. The summed E-state index contributed by atoms with van der Waals surface area (Å²) in [5, 5.41) is 0.689. The number of benzene rings is 1. The Hall–Kier alpha value is -0.770. The van der Waals surface area contributed by atoms with E-state index < -0.39 is 0 Å². The lowest BCUT2D eigenvalue weighted by Gasteiger charge is -2.19. The topological polar surface area (TPSA) is 12.5 Å². The van der Waals surface area contributed by atoms with Crippen molar-refractivity contribution in [2.24, 2.45) is 0 Å². The molecule has 2 nitrogen and oxygen atoms in total. The van der Waals surface area contributed by atoms with Gasteiger partial charge < -0.3 is 4.74 Å². The molecule has 18 heavy (non-hydrogen) atoms. The molecule has 0 atom stereocenters. The molecule has 0 spiro atoms. The molecule has 0 aromatic heterocycles. The highest BCUT2D eigenvalue weighted by Gasteiger charge is 2.04. The number of ether oxygens (including phenoxy) is 1. The van der Waals surface area contributed by atoms with Crippen LogP contribution in [0.4, 0.5) is 0 Å². The van der Waals surface area contributed by atoms with Gasteiger partial charge in [0.25, 0.3) is 0 Å². The maximum atomic E-state index is 5.87. The molecule has 1 aromatic carbocycles. The van der Waals surface area contributed by atoms with Crippen molar-refractivity contribution in [2.75, 3.05) is 26.2 Å². The van der Waals surface area contributed by atoms with Crippen LogP contribution in [0.15, 0.2) is 48.0 Å². The molecule has 98 valence electrons. The summed E-state index contributed by atoms with van der Waals surface area (Å²) in [4.78, 5) is 2.20. The Balaban J connectivity index is 2.44. The van der Waals surface area contributed by atoms with Crippen LogP contribution in [0, 0.1) is 0 Å². The largest absolute Gasteiger partial charge is 0.491 e. The first kappa shape index (κ1) is 15.3. The van der Waals surface area contributed by atoms with Crippen molar-refractivity contribution in [3.8, 4) is 5.75 Å². The molecule has 0 saturated carbocycles. The van der Waals surface area contributed by atoms with Gasteiger partial charge in [-0.1, -0.05) is 23.8 Å². The van der Waals surface area contributed by atoms with Gasteiger partial charge in [0.05, 0.1) is 4.47 Å². The molecule has 1 rings (SSSR count). The predicted octanol–water partition coefficient (Wildman–Crippen LogP) is 4.16. The lowest BCUT2D eigenvalue weighted by Crippen LogP contribution is -2.28. The Morgan fingerprint density at radius 3 is 2.50 bits per heavy atom. The zero-order chi connectivity index (χ0) is 13.4. The Bertz CT molecular complexity index is 399. The summed E-state index contributed by atoms with van der Waals surface area (Å²) in [7, 11) is 0. The summed E-state index contributed by atoms with van der Waals surface area (Å²) in [6, 6.07) is 5.49. The van der Waals surface area contributed by atoms with E-state index in [2.05, 4.69) is 34.0 Å². The van der Waals surface area contributed by atoms with Crippen LogP contribution in [0.2, 0.25) is 5.02 Å². The Morgan fingerprint density at radius 1 is 1.28 bits per heavy atom. The van der Waals surface area contributed by atoms with Crippen molar-refractivity contribution in [1.29, 1.82) is 0 Å². The number of rotatable bonds is 8. The Labute approximate surface area is 122 Å². The van der Waals surface area contributed by atoms with Gasteiger partial charge in [-0.2, -0.15) is 0 Å². The minimum absolute atomic E-state index is 0.613. The lowest BCUT2D eigenvalue weighted by atomic mass is 10.3. The average Bonchev–Trinajstić information content (AvgIpc) is 2.32. The quantitative estimate of drug-likeness (QED) is 0.664. The van der Waals surface area contributed by atoms with Crippen molar-refractivity contribution < 1.29 is 4.74 Å². The number of hydrogen-bond donors (Lipinski definition) is 0. The van der Waals surface area contributed by atoms with Crippen LogP contribution in [0.5, 0.6) is 5.75 Å². The van der Waals surface area contributed by atoms with Gasteiger partial charge in [0, 0.05) is 24.7 Å². The van der Waals surface area contributed by atoms with E-state index in [1.807, 2.05) is 30.4 Å². The Morgan fingerprint density at radius 2 is 1.94 bits per heavy atom.